The van der Waals surface area contributed by atoms with Crippen molar-refractivity contribution in [3.63, 3.8) is 0 Å². The number of nitrogen functional groups attached to an aromatic ring is 1. The summed E-state index contributed by atoms with van der Waals surface area (Å²) in [4.78, 5) is 10.0. The third-order valence-electron chi connectivity index (χ3n) is 0.921. The molecular weight excluding hydrogens is 152 g/mol. The summed E-state index contributed by atoms with van der Waals surface area (Å²) in [5.74, 6) is -0.814. The van der Waals surface area contributed by atoms with E-state index in [0.717, 1.165) is 0 Å². The smallest absolute Gasteiger partial charge is 0.322 e. The first-order valence-corrected chi connectivity index (χ1v) is 2.74. The average Bonchev–Trinajstić information content (AvgIpc) is 2.31. The van der Waals surface area contributed by atoms with E-state index in [1.165, 1.54) is 0 Å². The molecule has 1 rings (SSSR count). The van der Waals surface area contributed by atoms with Gasteiger partial charge in [-0.3, -0.25) is 4.79 Å². The van der Waals surface area contributed by atoms with Gasteiger partial charge in [-0.1, -0.05) is 0 Å². The molecule has 0 saturated heterocycles. The third-order valence-corrected chi connectivity index (χ3v) is 0.921. The zero-order valence-corrected chi connectivity index (χ0v) is 5.44. The summed E-state index contributed by atoms with van der Waals surface area (Å²) < 4.78 is 4.20. The van der Waals surface area contributed by atoms with Crippen LogP contribution in [0.3, 0.4) is 0 Å². The topological polar surface area (TPSA) is 114 Å². The second kappa shape index (κ2) is 2.86. The Kier molecular flexibility index (Phi) is 1.90. The van der Waals surface area contributed by atoms with Gasteiger partial charge in [-0.05, 0) is 10.3 Å². The molecule has 0 amide bonds. The van der Waals surface area contributed by atoms with Crippen LogP contribution >= 0.6 is 0 Å². The standard InChI is InChI=1S/C4H6N4O3/c5-3-4(8-11-7-3)6-1-2(9)10/h1H2,(H2,5,7)(H,6,8)(H,9,10). The lowest BCUT2D eigenvalue weighted by molar-refractivity contribution is -0.134. The number of aliphatic carboxylic acids is 1. The number of carbonyl (C=O) groups is 1. The monoisotopic (exact) mass is 158 g/mol. The molecule has 0 atom stereocenters. The Bertz CT molecular complexity index is 258. The van der Waals surface area contributed by atoms with Crippen molar-refractivity contribution in [2.45, 2.75) is 0 Å². The summed E-state index contributed by atoms with van der Waals surface area (Å²) >= 11 is 0. The Balaban J connectivity index is 2.51. The fourth-order valence-corrected chi connectivity index (χ4v) is 0.477. The van der Waals surface area contributed by atoms with Crippen molar-refractivity contribution in [1.29, 1.82) is 0 Å². The molecule has 7 nitrogen and oxygen atoms in total. The van der Waals surface area contributed by atoms with E-state index in [0.29, 0.717) is 0 Å². The van der Waals surface area contributed by atoms with Gasteiger partial charge in [0, 0.05) is 0 Å². The number of carboxylic acid groups (broad SMARTS) is 1. The molecule has 0 radical (unpaired) electrons. The minimum Gasteiger partial charge on any atom is -0.480 e. The van der Waals surface area contributed by atoms with Gasteiger partial charge in [0.25, 0.3) is 0 Å². The van der Waals surface area contributed by atoms with Gasteiger partial charge in [0.05, 0.1) is 0 Å². The Hall–Kier alpha value is -1.79. The van der Waals surface area contributed by atoms with Crippen molar-refractivity contribution in [3.8, 4) is 0 Å². The van der Waals surface area contributed by atoms with Crippen molar-refractivity contribution in [2.75, 3.05) is 17.6 Å². The molecule has 11 heavy (non-hydrogen) atoms. The van der Waals surface area contributed by atoms with Gasteiger partial charge < -0.3 is 16.2 Å². The molecular formula is C4H6N4O3. The average molecular weight is 158 g/mol. The van der Waals surface area contributed by atoms with E-state index in [-0.39, 0.29) is 18.2 Å². The predicted molar refractivity (Wildman–Crippen MR) is 34.8 cm³/mol. The number of aromatic nitrogens is 2. The summed E-state index contributed by atoms with van der Waals surface area (Å²) in [7, 11) is 0. The molecule has 0 unspecified atom stereocenters. The molecule has 60 valence electrons. The van der Waals surface area contributed by atoms with Gasteiger partial charge in [0.15, 0.2) is 0 Å². The van der Waals surface area contributed by atoms with Gasteiger partial charge in [-0.25, -0.2) is 4.63 Å². The summed E-state index contributed by atoms with van der Waals surface area (Å²) in [6, 6.07) is 0. The van der Waals surface area contributed by atoms with Gasteiger partial charge >= 0.3 is 5.97 Å². The van der Waals surface area contributed by atoms with E-state index < -0.39 is 5.97 Å². The van der Waals surface area contributed by atoms with Gasteiger partial charge in [0.2, 0.25) is 11.6 Å². The number of hydrogen-bond donors (Lipinski definition) is 3. The lowest BCUT2D eigenvalue weighted by Gasteiger charge is -1.94. The first-order valence-electron chi connectivity index (χ1n) is 2.74. The Labute approximate surface area is 61.1 Å². The quantitative estimate of drug-likeness (QED) is 0.524. The molecule has 4 N–H and O–H groups in total. The van der Waals surface area contributed by atoms with Crippen LogP contribution in [0, 0.1) is 0 Å². The molecule has 1 heterocycles. The van der Waals surface area contributed by atoms with Crippen molar-refractivity contribution >= 4 is 17.6 Å². The van der Waals surface area contributed by atoms with E-state index >= 15 is 0 Å². The maximum atomic E-state index is 10.0. The van der Waals surface area contributed by atoms with Gasteiger partial charge in [0.1, 0.15) is 6.54 Å². The predicted octanol–water partition coefficient (Wildman–Crippen LogP) is -0.852. The lowest BCUT2D eigenvalue weighted by atomic mass is 10.6. The molecule has 0 saturated carbocycles. The number of hydrogen-bond acceptors (Lipinski definition) is 6. The molecule has 0 fully saturated rings. The summed E-state index contributed by atoms with van der Waals surface area (Å²) in [5.41, 5.74) is 5.20. The van der Waals surface area contributed by atoms with Crippen LogP contribution in [-0.4, -0.2) is 27.9 Å². The highest BCUT2D eigenvalue weighted by molar-refractivity contribution is 5.73. The van der Waals surface area contributed by atoms with Crippen molar-refractivity contribution in [2.24, 2.45) is 0 Å². The molecule has 0 aliphatic carbocycles. The zero-order chi connectivity index (χ0) is 8.27. The first kappa shape index (κ1) is 7.32. The van der Waals surface area contributed by atoms with Crippen LogP contribution in [-0.2, 0) is 4.79 Å². The van der Waals surface area contributed by atoms with Crippen LogP contribution in [0.2, 0.25) is 0 Å². The molecule has 0 aliphatic rings. The minimum atomic E-state index is -1.01. The van der Waals surface area contributed by atoms with E-state index in [1.54, 1.807) is 0 Å². The van der Waals surface area contributed by atoms with Crippen LogP contribution in [0.15, 0.2) is 4.63 Å². The van der Waals surface area contributed by atoms with Gasteiger partial charge in [-0.15, -0.1) is 0 Å². The summed E-state index contributed by atoms with van der Waals surface area (Å²) in [5, 5.41) is 17.2. The Morgan fingerprint density at radius 2 is 2.45 bits per heavy atom. The highest BCUT2D eigenvalue weighted by atomic mass is 16.6. The molecule has 7 heteroatoms. The van der Waals surface area contributed by atoms with E-state index in [9.17, 15) is 4.79 Å². The van der Waals surface area contributed by atoms with Crippen LogP contribution < -0.4 is 11.1 Å². The van der Waals surface area contributed by atoms with Crippen LogP contribution in [0.1, 0.15) is 0 Å². The number of nitrogens with zero attached hydrogens (tertiary/aromatic N) is 2. The number of rotatable bonds is 3. The zero-order valence-electron chi connectivity index (χ0n) is 5.44. The van der Waals surface area contributed by atoms with Crippen LogP contribution in [0.4, 0.5) is 11.6 Å². The van der Waals surface area contributed by atoms with Crippen LogP contribution in [0.25, 0.3) is 0 Å². The highest BCUT2D eigenvalue weighted by Crippen LogP contribution is 2.09. The van der Waals surface area contributed by atoms with E-state index in [2.05, 4.69) is 20.3 Å². The molecule has 0 aromatic carbocycles. The maximum absolute atomic E-state index is 10.0. The molecule has 0 bridgehead atoms. The normalized spacial score (nSPS) is 9.45. The summed E-state index contributed by atoms with van der Waals surface area (Å²) in [6.07, 6.45) is 0. The Morgan fingerprint density at radius 3 is 2.91 bits per heavy atom. The number of anilines is 2. The molecule has 1 aromatic heterocycles. The largest absolute Gasteiger partial charge is 0.480 e. The second-order valence-electron chi connectivity index (χ2n) is 1.75. The highest BCUT2D eigenvalue weighted by Gasteiger charge is 2.05. The Morgan fingerprint density at radius 1 is 1.73 bits per heavy atom. The molecule has 0 spiro atoms. The van der Waals surface area contributed by atoms with Crippen molar-refractivity contribution in [1.82, 2.24) is 10.3 Å². The van der Waals surface area contributed by atoms with Crippen molar-refractivity contribution in [3.05, 3.63) is 0 Å². The SMILES string of the molecule is Nc1nonc1NCC(=O)O. The summed E-state index contributed by atoms with van der Waals surface area (Å²) in [6.45, 7) is -0.265. The minimum absolute atomic E-state index is 0.0475. The molecule has 0 aliphatic heterocycles. The molecule has 1 aromatic rings. The van der Waals surface area contributed by atoms with Gasteiger partial charge in [-0.2, -0.15) is 0 Å². The fourth-order valence-electron chi connectivity index (χ4n) is 0.477. The van der Waals surface area contributed by atoms with E-state index in [4.69, 9.17) is 10.8 Å². The third kappa shape index (κ3) is 1.81. The maximum Gasteiger partial charge on any atom is 0.322 e. The number of nitrogens with two attached hydrogens (primary N) is 1. The van der Waals surface area contributed by atoms with Crippen molar-refractivity contribution < 1.29 is 14.5 Å². The number of nitrogens with one attached hydrogen (secondary N) is 1. The lowest BCUT2D eigenvalue weighted by Crippen LogP contribution is -2.13. The first-order chi connectivity index (χ1) is 5.20. The van der Waals surface area contributed by atoms with Crippen LogP contribution in [0.5, 0.6) is 0 Å². The van der Waals surface area contributed by atoms with E-state index in [1.807, 2.05) is 0 Å². The fraction of sp³-hybridized carbons (Fsp3) is 0.250. The second-order valence-corrected chi connectivity index (χ2v) is 1.75. The number of carboxylic acids is 1.